The summed E-state index contributed by atoms with van der Waals surface area (Å²) in [5.74, 6) is 0. The summed E-state index contributed by atoms with van der Waals surface area (Å²) < 4.78 is 0. The van der Waals surface area contributed by atoms with Crippen molar-refractivity contribution in [3.63, 3.8) is 0 Å². The first-order valence-electron chi connectivity index (χ1n) is 5.86. The predicted octanol–water partition coefficient (Wildman–Crippen LogP) is 0.584. The number of hydrogen-bond acceptors (Lipinski definition) is 3. The van der Waals surface area contributed by atoms with Gasteiger partial charge in [-0.1, -0.05) is 0 Å². The standard InChI is InChI=1S/C11H22N2O/c1-13-6-5-10(8-13)12-9-3-2-4-11(14)7-9/h9-12,14H,2-8H2,1H3. The van der Waals surface area contributed by atoms with Gasteiger partial charge in [0.15, 0.2) is 0 Å². The van der Waals surface area contributed by atoms with Crippen molar-refractivity contribution in [2.75, 3.05) is 20.1 Å². The van der Waals surface area contributed by atoms with Gasteiger partial charge >= 0.3 is 0 Å². The van der Waals surface area contributed by atoms with Crippen molar-refractivity contribution in [1.29, 1.82) is 0 Å². The van der Waals surface area contributed by atoms with Crippen LogP contribution >= 0.6 is 0 Å². The van der Waals surface area contributed by atoms with E-state index in [0.717, 1.165) is 12.8 Å². The summed E-state index contributed by atoms with van der Waals surface area (Å²) in [4.78, 5) is 2.37. The molecule has 1 aliphatic carbocycles. The van der Waals surface area contributed by atoms with Crippen LogP contribution in [0.4, 0.5) is 0 Å². The summed E-state index contributed by atoms with van der Waals surface area (Å²) in [6, 6.07) is 1.23. The Labute approximate surface area is 86.5 Å². The lowest BCUT2D eigenvalue weighted by atomic mass is 9.92. The Hall–Kier alpha value is -0.120. The lowest BCUT2D eigenvalue weighted by molar-refractivity contribution is 0.109. The maximum Gasteiger partial charge on any atom is 0.0555 e. The average molecular weight is 198 g/mol. The van der Waals surface area contributed by atoms with Crippen LogP contribution in [0.1, 0.15) is 32.1 Å². The molecule has 2 N–H and O–H groups in total. The van der Waals surface area contributed by atoms with Crippen molar-refractivity contribution in [3.8, 4) is 0 Å². The van der Waals surface area contributed by atoms with Gasteiger partial charge in [0, 0.05) is 18.6 Å². The molecule has 1 saturated carbocycles. The van der Waals surface area contributed by atoms with Gasteiger partial charge in [0.05, 0.1) is 6.10 Å². The van der Waals surface area contributed by atoms with Crippen LogP contribution in [0.3, 0.4) is 0 Å². The summed E-state index contributed by atoms with van der Waals surface area (Å²) in [6.45, 7) is 2.39. The summed E-state index contributed by atoms with van der Waals surface area (Å²) in [6.07, 6.45) is 5.60. The third kappa shape index (κ3) is 2.69. The Kier molecular flexibility index (Phi) is 3.42. The first-order valence-corrected chi connectivity index (χ1v) is 5.86. The van der Waals surface area contributed by atoms with Crippen LogP contribution in [0, 0.1) is 0 Å². The van der Waals surface area contributed by atoms with Crippen LogP contribution in [0.15, 0.2) is 0 Å². The van der Waals surface area contributed by atoms with Crippen molar-refractivity contribution in [2.45, 2.75) is 50.3 Å². The Bertz CT molecular complexity index is 186. The van der Waals surface area contributed by atoms with E-state index >= 15 is 0 Å². The predicted molar refractivity (Wildman–Crippen MR) is 57.3 cm³/mol. The third-order valence-corrected chi connectivity index (χ3v) is 3.51. The van der Waals surface area contributed by atoms with E-state index in [4.69, 9.17) is 0 Å². The molecule has 0 aromatic heterocycles. The van der Waals surface area contributed by atoms with Crippen LogP contribution in [0.5, 0.6) is 0 Å². The van der Waals surface area contributed by atoms with E-state index < -0.39 is 0 Å². The zero-order chi connectivity index (χ0) is 9.97. The average Bonchev–Trinajstić information content (AvgIpc) is 2.51. The maximum atomic E-state index is 9.56. The van der Waals surface area contributed by atoms with Crippen LogP contribution in [-0.4, -0.2) is 48.3 Å². The van der Waals surface area contributed by atoms with Gasteiger partial charge in [-0.05, 0) is 45.7 Å². The number of hydrogen-bond donors (Lipinski definition) is 2. The minimum Gasteiger partial charge on any atom is -0.393 e. The molecule has 82 valence electrons. The van der Waals surface area contributed by atoms with Crippen LogP contribution in [0.2, 0.25) is 0 Å². The Morgan fingerprint density at radius 2 is 2.07 bits per heavy atom. The number of nitrogens with zero attached hydrogens (tertiary/aromatic N) is 1. The second kappa shape index (κ2) is 4.60. The molecule has 0 spiro atoms. The molecule has 2 fully saturated rings. The highest BCUT2D eigenvalue weighted by atomic mass is 16.3. The molecule has 3 nitrogen and oxygen atoms in total. The molecule has 1 saturated heterocycles. The second-order valence-corrected chi connectivity index (χ2v) is 4.93. The van der Waals surface area contributed by atoms with Crippen LogP contribution < -0.4 is 5.32 Å². The van der Waals surface area contributed by atoms with E-state index in [9.17, 15) is 5.11 Å². The van der Waals surface area contributed by atoms with E-state index in [1.54, 1.807) is 0 Å². The highest BCUT2D eigenvalue weighted by Gasteiger charge is 2.25. The minimum absolute atomic E-state index is 0.0552. The van der Waals surface area contributed by atoms with E-state index in [2.05, 4.69) is 17.3 Å². The van der Waals surface area contributed by atoms with Crippen molar-refractivity contribution < 1.29 is 5.11 Å². The monoisotopic (exact) mass is 198 g/mol. The van der Waals surface area contributed by atoms with Gasteiger partial charge in [-0.15, -0.1) is 0 Å². The topological polar surface area (TPSA) is 35.5 Å². The van der Waals surface area contributed by atoms with Gasteiger partial charge in [-0.25, -0.2) is 0 Å². The molecule has 0 aromatic rings. The zero-order valence-electron chi connectivity index (χ0n) is 9.08. The molecule has 1 aliphatic heterocycles. The summed E-state index contributed by atoms with van der Waals surface area (Å²) >= 11 is 0. The van der Waals surface area contributed by atoms with Crippen molar-refractivity contribution >= 4 is 0 Å². The number of likely N-dealkylation sites (N-methyl/N-ethyl adjacent to an activating group) is 1. The first-order chi connectivity index (χ1) is 6.74. The molecule has 14 heavy (non-hydrogen) atoms. The van der Waals surface area contributed by atoms with Gasteiger partial charge < -0.3 is 15.3 Å². The Balaban J connectivity index is 1.74. The fourth-order valence-corrected chi connectivity index (χ4v) is 2.72. The van der Waals surface area contributed by atoms with E-state index in [1.807, 2.05) is 0 Å². The lowest BCUT2D eigenvalue weighted by Gasteiger charge is -2.29. The molecule has 0 bridgehead atoms. The van der Waals surface area contributed by atoms with E-state index in [-0.39, 0.29) is 6.10 Å². The normalized spacial score (nSPS) is 40.3. The molecule has 3 heteroatoms. The number of aliphatic hydroxyl groups excluding tert-OH is 1. The highest BCUT2D eigenvalue weighted by molar-refractivity contribution is 4.85. The summed E-state index contributed by atoms with van der Waals surface area (Å²) in [7, 11) is 2.18. The van der Waals surface area contributed by atoms with Crippen LogP contribution in [-0.2, 0) is 0 Å². The van der Waals surface area contributed by atoms with Gasteiger partial charge in [0.2, 0.25) is 0 Å². The third-order valence-electron chi connectivity index (χ3n) is 3.51. The molecule has 1 heterocycles. The number of rotatable bonds is 2. The SMILES string of the molecule is CN1CCC(NC2CCCC(O)C2)C1. The summed E-state index contributed by atoms with van der Waals surface area (Å²) in [5, 5.41) is 13.2. The smallest absolute Gasteiger partial charge is 0.0555 e. The molecule has 0 radical (unpaired) electrons. The van der Waals surface area contributed by atoms with Gasteiger partial charge in [-0.2, -0.15) is 0 Å². The Morgan fingerprint density at radius 3 is 2.71 bits per heavy atom. The largest absolute Gasteiger partial charge is 0.393 e. The fraction of sp³-hybridized carbons (Fsp3) is 1.00. The second-order valence-electron chi connectivity index (χ2n) is 4.93. The fourth-order valence-electron chi connectivity index (χ4n) is 2.72. The minimum atomic E-state index is -0.0552. The molecule has 2 aliphatic rings. The number of likely N-dealkylation sites (tertiary alicyclic amines) is 1. The molecule has 3 unspecified atom stereocenters. The molecular formula is C11H22N2O. The van der Waals surface area contributed by atoms with E-state index in [0.29, 0.717) is 12.1 Å². The number of nitrogens with one attached hydrogen (secondary N) is 1. The molecule has 3 atom stereocenters. The number of aliphatic hydroxyl groups is 1. The van der Waals surface area contributed by atoms with Crippen molar-refractivity contribution in [2.24, 2.45) is 0 Å². The molecular weight excluding hydrogens is 176 g/mol. The van der Waals surface area contributed by atoms with Gasteiger partial charge in [0.1, 0.15) is 0 Å². The first kappa shape index (κ1) is 10.4. The lowest BCUT2D eigenvalue weighted by Crippen LogP contribution is -2.43. The summed E-state index contributed by atoms with van der Waals surface area (Å²) in [5.41, 5.74) is 0. The van der Waals surface area contributed by atoms with Gasteiger partial charge in [-0.3, -0.25) is 0 Å². The molecule has 2 rings (SSSR count). The highest BCUT2D eigenvalue weighted by Crippen LogP contribution is 2.20. The Morgan fingerprint density at radius 1 is 1.21 bits per heavy atom. The van der Waals surface area contributed by atoms with Crippen molar-refractivity contribution in [1.82, 2.24) is 10.2 Å². The van der Waals surface area contributed by atoms with Gasteiger partial charge in [0.25, 0.3) is 0 Å². The van der Waals surface area contributed by atoms with E-state index in [1.165, 1.54) is 32.4 Å². The quantitative estimate of drug-likeness (QED) is 0.681. The molecule has 0 amide bonds. The maximum absolute atomic E-state index is 9.56. The van der Waals surface area contributed by atoms with Crippen molar-refractivity contribution in [3.05, 3.63) is 0 Å². The van der Waals surface area contributed by atoms with Crippen LogP contribution in [0.25, 0.3) is 0 Å². The zero-order valence-corrected chi connectivity index (χ0v) is 9.08. The molecule has 0 aromatic carbocycles.